The number of benzene rings is 1. The van der Waals surface area contributed by atoms with Gasteiger partial charge in [-0.25, -0.2) is 0 Å². The Hall–Kier alpha value is -1.50. The van der Waals surface area contributed by atoms with Gasteiger partial charge in [0.25, 0.3) is 11.5 Å². The summed E-state index contributed by atoms with van der Waals surface area (Å²) in [5, 5.41) is 6.30. The van der Waals surface area contributed by atoms with Gasteiger partial charge < -0.3 is 10.6 Å². The molecule has 0 saturated carbocycles. The first-order valence-electron chi connectivity index (χ1n) is 6.24. The van der Waals surface area contributed by atoms with Crippen LogP contribution in [0.5, 0.6) is 0 Å². The van der Waals surface area contributed by atoms with Crippen LogP contribution in [-0.2, 0) is 0 Å². The fourth-order valence-corrected chi connectivity index (χ4v) is 2.75. The molecule has 0 saturated heterocycles. The number of carbonyl (C=O) groups is 1. The molecule has 2 aromatic rings. The number of hydrogen-bond acceptors (Lipinski definition) is 4. The standard InChI is InChI=1S/C13H13Cl2N3O2S/c1-2-5-16-8-4-3-7(14)6-9(8)17-13(20)11-10(15)12(19)18-21-11/h3-4,6,16H,2,5H2,1H3,(H,17,20)(H,18,19). The molecule has 3 N–H and O–H groups in total. The molecule has 0 aliphatic heterocycles. The lowest BCUT2D eigenvalue weighted by Gasteiger charge is -2.12. The SMILES string of the molecule is CCCNc1ccc(Cl)cc1NC(=O)c1s[nH]c(=O)c1Cl. The minimum Gasteiger partial charge on any atom is -0.383 e. The Labute approximate surface area is 135 Å². The second kappa shape index (κ2) is 6.98. The van der Waals surface area contributed by atoms with Gasteiger partial charge in [0.2, 0.25) is 0 Å². The predicted molar refractivity (Wildman–Crippen MR) is 88.1 cm³/mol. The van der Waals surface area contributed by atoms with E-state index in [1.807, 2.05) is 6.92 Å². The van der Waals surface area contributed by atoms with Gasteiger partial charge in [0.1, 0.15) is 9.90 Å². The molecule has 5 nitrogen and oxygen atoms in total. The summed E-state index contributed by atoms with van der Waals surface area (Å²) in [7, 11) is 0. The van der Waals surface area contributed by atoms with Crippen molar-refractivity contribution in [1.29, 1.82) is 0 Å². The quantitative estimate of drug-likeness (QED) is 0.771. The van der Waals surface area contributed by atoms with E-state index in [1.54, 1.807) is 18.2 Å². The number of nitrogens with one attached hydrogen (secondary N) is 3. The van der Waals surface area contributed by atoms with Crippen LogP contribution in [-0.4, -0.2) is 16.8 Å². The normalized spacial score (nSPS) is 10.4. The molecule has 0 radical (unpaired) electrons. The van der Waals surface area contributed by atoms with Crippen molar-refractivity contribution in [3.63, 3.8) is 0 Å². The topological polar surface area (TPSA) is 74.0 Å². The maximum atomic E-state index is 12.2. The Morgan fingerprint density at radius 2 is 2.10 bits per heavy atom. The molecule has 0 bridgehead atoms. The van der Waals surface area contributed by atoms with E-state index < -0.39 is 11.5 Å². The number of aromatic amines is 1. The van der Waals surface area contributed by atoms with Crippen molar-refractivity contribution < 1.29 is 4.79 Å². The fourth-order valence-electron chi connectivity index (χ4n) is 1.65. The van der Waals surface area contributed by atoms with Gasteiger partial charge in [0.05, 0.1) is 11.4 Å². The van der Waals surface area contributed by atoms with Crippen LogP contribution in [0, 0.1) is 0 Å². The number of carbonyl (C=O) groups excluding carboxylic acids is 1. The highest BCUT2D eigenvalue weighted by molar-refractivity contribution is 7.08. The van der Waals surface area contributed by atoms with E-state index in [-0.39, 0.29) is 9.90 Å². The molecule has 1 amide bonds. The number of halogens is 2. The molecule has 0 unspecified atom stereocenters. The van der Waals surface area contributed by atoms with Gasteiger partial charge in [-0.3, -0.25) is 14.0 Å². The van der Waals surface area contributed by atoms with Crippen molar-refractivity contribution in [3.05, 3.63) is 43.5 Å². The van der Waals surface area contributed by atoms with Gasteiger partial charge in [-0.2, -0.15) is 0 Å². The third-order valence-corrected chi connectivity index (χ3v) is 4.23. The Kier molecular flexibility index (Phi) is 5.27. The zero-order valence-corrected chi connectivity index (χ0v) is 13.5. The number of anilines is 2. The van der Waals surface area contributed by atoms with Crippen LogP contribution in [0.15, 0.2) is 23.0 Å². The Balaban J connectivity index is 2.25. The van der Waals surface area contributed by atoms with E-state index in [0.29, 0.717) is 10.7 Å². The van der Waals surface area contributed by atoms with Gasteiger partial charge >= 0.3 is 0 Å². The van der Waals surface area contributed by atoms with Crippen molar-refractivity contribution in [3.8, 4) is 0 Å². The summed E-state index contributed by atoms with van der Waals surface area (Å²) in [5.74, 6) is -0.454. The first kappa shape index (κ1) is 15.9. The summed E-state index contributed by atoms with van der Waals surface area (Å²) in [5.41, 5.74) is 0.828. The van der Waals surface area contributed by atoms with Crippen LogP contribution in [0.3, 0.4) is 0 Å². The summed E-state index contributed by atoms with van der Waals surface area (Å²) >= 11 is 12.6. The second-order valence-electron chi connectivity index (χ2n) is 4.25. The van der Waals surface area contributed by atoms with Crippen LogP contribution in [0.25, 0.3) is 0 Å². The van der Waals surface area contributed by atoms with E-state index in [4.69, 9.17) is 23.2 Å². The zero-order valence-electron chi connectivity index (χ0n) is 11.1. The van der Waals surface area contributed by atoms with E-state index in [2.05, 4.69) is 15.0 Å². The van der Waals surface area contributed by atoms with E-state index in [1.165, 1.54) is 0 Å². The average molecular weight is 346 g/mol. The van der Waals surface area contributed by atoms with Crippen LogP contribution in [0.2, 0.25) is 10.0 Å². The van der Waals surface area contributed by atoms with Crippen molar-refractivity contribution in [2.75, 3.05) is 17.2 Å². The highest BCUT2D eigenvalue weighted by atomic mass is 35.5. The third-order valence-electron chi connectivity index (χ3n) is 2.65. The van der Waals surface area contributed by atoms with E-state index >= 15 is 0 Å². The first-order valence-corrected chi connectivity index (χ1v) is 7.82. The smallest absolute Gasteiger partial charge is 0.277 e. The van der Waals surface area contributed by atoms with Crippen LogP contribution in [0.4, 0.5) is 11.4 Å². The van der Waals surface area contributed by atoms with Gasteiger partial charge in [0.15, 0.2) is 0 Å². The van der Waals surface area contributed by atoms with Crippen LogP contribution in [0.1, 0.15) is 23.0 Å². The van der Waals surface area contributed by atoms with Crippen molar-refractivity contribution in [2.45, 2.75) is 13.3 Å². The average Bonchev–Trinajstić information content (AvgIpc) is 2.78. The Morgan fingerprint density at radius 1 is 1.33 bits per heavy atom. The summed E-state index contributed by atoms with van der Waals surface area (Å²) in [6.45, 7) is 2.81. The monoisotopic (exact) mass is 345 g/mol. The lowest BCUT2D eigenvalue weighted by atomic mass is 10.2. The second-order valence-corrected chi connectivity index (χ2v) is 5.88. The first-order chi connectivity index (χ1) is 10.0. The largest absolute Gasteiger partial charge is 0.383 e. The molecular weight excluding hydrogens is 333 g/mol. The molecule has 1 aromatic heterocycles. The summed E-state index contributed by atoms with van der Waals surface area (Å²) < 4.78 is 2.42. The summed E-state index contributed by atoms with van der Waals surface area (Å²) in [4.78, 5) is 23.6. The van der Waals surface area contributed by atoms with E-state index in [0.717, 1.165) is 30.2 Å². The molecule has 0 aliphatic rings. The number of H-pyrrole nitrogens is 1. The summed E-state index contributed by atoms with van der Waals surface area (Å²) in [6.07, 6.45) is 0.946. The molecule has 8 heteroatoms. The molecule has 21 heavy (non-hydrogen) atoms. The molecule has 112 valence electrons. The molecule has 0 atom stereocenters. The van der Waals surface area contributed by atoms with Crippen molar-refractivity contribution >= 4 is 52.0 Å². The lowest BCUT2D eigenvalue weighted by molar-refractivity contribution is 0.103. The molecule has 0 fully saturated rings. The van der Waals surface area contributed by atoms with Gasteiger partial charge in [-0.05, 0) is 24.6 Å². The van der Waals surface area contributed by atoms with Crippen LogP contribution >= 0.6 is 34.7 Å². The van der Waals surface area contributed by atoms with Gasteiger partial charge in [-0.15, -0.1) is 0 Å². The number of rotatable bonds is 5. The Morgan fingerprint density at radius 3 is 2.71 bits per heavy atom. The summed E-state index contributed by atoms with van der Waals surface area (Å²) in [6, 6.07) is 5.16. The van der Waals surface area contributed by atoms with Crippen molar-refractivity contribution in [1.82, 2.24) is 4.37 Å². The highest BCUT2D eigenvalue weighted by Crippen LogP contribution is 2.27. The molecule has 1 heterocycles. The molecular formula is C13H13Cl2N3O2S. The number of amides is 1. The minimum absolute atomic E-state index is 0.109. The van der Waals surface area contributed by atoms with Crippen molar-refractivity contribution in [2.24, 2.45) is 0 Å². The number of hydrogen-bond donors (Lipinski definition) is 3. The fraction of sp³-hybridized carbons (Fsp3) is 0.231. The van der Waals surface area contributed by atoms with E-state index in [9.17, 15) is 9.59 Å². The maximum Gasteiger partial charge on any atom is 0.277 e. The third kappa shape index (κ3) is 3.78. The molecule has 1 aromatic carbocycles. The molecule has 2 rings (SSSR count). The van der Waals surface area contributed by atoms with Gasteiger partial charge in [-0.1, -0.05) is 41.7 Å². The minimum atomic E-state index is -0.470. The van der Waals surface area contributed by atoms with Crippen LogP contribution < -0.4 is 16.2 Å². The molecule has 0 aliphatic carbocycles. The predicted octanol–water partition coefficient (Wildman–Crippen LogP) is 3.82. The molecule has 0 spiro atoms. The van der Waals surface area contributed by atoms with Gasteiger partial charge in [0, 0.05) is 11.6 Å². The Bertz CT molecular complexity index is 712. The highest BCUT2D eigenvalue weighted by Gasteiger charge is 2.17. The number of aromatic nitrogens is 1. The lowest BCUT2D eigenvalue weighted by Crippen LogP contribution is -2.14. The maximum absolute atomic E-state index is 12.2. The zero-order chi connectivity index (χ0) is 15.4.